The maximum Gasteiger partial charge on any atom is 0.203 e. The molecule has 1 aliphatic rings. The van der Waals surface area contributed by atoms with Crippen molar-refractivity contribution in [2.45, 2.75) is 39.0 Å². The van der Waals surface area contributed by atoms with E-state index in [0.717, 1.165) is 35.9 Å². The lowest BCUT2D eigenvalue weighted by molar-refractivity contribution is -0.935. The molecule has 5 nitrogen and oxygen atoms in total. The van der Waals surface area contributed by atoms with Crippen LogP contribution in [0.3, 0.4) is 0 Å². The summed E-state index contributed by atoms with van der Waals surface area (Å²) in [7, 11) is 0. The van der Waals surface area contributed by atoms with Gasteiger partial charge in [0.2, 0.25) is 4.77 Å². The highest BCUT2D eigenvalue weighted by molar-refractivity contribution is 7.71. The third-order valence-electron chi connectivity index (χ3n) is 4.89. The van der Waals surface area contributed by atoms with Crippen LogP contribution in [0.4, 0.5) is 0 Å². The van der Waals surface area contributed by atoms with E-state index in [-0.39, 0.29) is 0 Å². The lowest BCUT2D eigenvalue weighted by Crippen LogP contribution is -3.09. The average Bonchev–Trinajstić information content (AvgIpc) is 3.47. The zero-order valence-electron chi connectivity index (χ0n) is 15.0. The monoisotopic (exact) mass is 366 g/mol. The molecule has 1 unspecified atom stereocenters. The molecule has 4 rings (SSSR count). The van der Waals surface area contributed by atoms with E-state index in [0.29, 0.717) is 6.04 Å². The SMILES string of the molecule is CC[NH+](Cc1ccccc1)Cn1nc(-c2ccncc2)n(C2CC2)c1=S. The fourth-order valence-electron chi connectivity index (χ4n) is 3.27. The lowest BCUT2D eigenvalue weighted by Gasteiger charge is -2.17. The molecule has 6 heteroatoms. The molecule has 1 N–H and O–H groups in total. The van der Waals surface area contributed by atoms with Crippen LogP contribution in [0.1, 0.15) is 31.4 Å². The first kappa shape index (κ1) is 17.1. The van der Waals surface area contributed by atoms with Crippen molar-refractivity contribution in [3.63, 3.8) is 0 Å². The van der Waals surface area contributed by atoms with Gasteiger partial charge in [0.25, 0.3) is 0 Å². The molecule has 134 valence electrons. The van der Waals surface area contributed by atoms with Crippen LogP contribution in [-0.2, 0) is 13.2 Å². The Morgan fingerprint density at radius 3 is 2.50 bits per heavy atom. The lowest BCUT2D eigenvalue weighted by atomic mass is 10.2. The molecule has 1 aliphatic carbocycles. The average molecular weight is 367 g/mol. The third kappa shape index (κ3) is 3.61. The minimum atomic E-state index is 0.499. The number of aromatic nitrogens is 4. The quantitative estimate of drug-likeness (QED) is 0.654. The summed E-state index contributed by atoms with van der Waals surface area (Å²) in [6.45, 7) is 4.99. The Morgan fingerprint density at radius 2 is 1.85 bits per heavy atom. The first-order valence-corrected chi connectivity index (χ1v) is 9.64. The Balaban J connectivity index is 1.63. The second kappa shape index (κ2) is 7.51. The first-order valence-electron chi connectivity index (χ1n) is 9.23. The molecule has 1 atom stereocenters. The second-order valence-electron chi connectivity index (χ2n) is 6.87. The van der Waals surface area contributed by atoms with Crippen LogP contribution in [0.15, 0.2) is 54.9 Å². The summed E-state index contributed by atoms with van der Waals surface area (Å²) in [4.78, 5) is 5.56. The van der Waals surface area contributed by atoms with Crippen molar-refractivity contribution < 1.29 is 4.90 Å². The van der Waals surface area contributed by atoms with Gasteiger partial charge in [-0.05, 0) is 44.1 Å². The molecular formula is C20H24N5S+. The van der Waals surface area contributed by atoms with Gasteiger partial charge in [0.1, 0.15) is 6.54 Å². The Kier molecular flexibility index (Phi) is 4.95. The molecule has 1 saturated carbocycles. The number of rotatable bonds is 7. The number of pyridine rings is 1. The fraction of sp³-hybridized carbons (Fsp3) is 0.350. The number of hydrogen-bond donors (Lipinski definition) is 1. The number of quaternary nitrogens is 1. The molecule has 2 aromatic heterocycles. The predicted molar refractivity (Wildman–Crippen MR) is 104 cm³/mol. The molecule has 1 aromatic carbocycles. The minimum absolute atomic E-state index is 0.499. The Labute approximate surface area is 158 Å². The number of nitrogens with one attached hydrogen (secondary N) is 1. The Morgan fingerprint density at radius 1 is 1.12 bits per heavy atom. The van der Waals surface area contributed by atoms with Crippen molar-refractivity contribution in [3.05, 3.63) is 65.2 Å². The number of benzene rings is 1. The van der Waals surface area contributed by atoms with E-state index < -0.39 is 0 Å². The van der Waals surface area contributed by atoms with Gasteiger partial charge in [-0.3, -0.25) is 9.55 Å². The highest BCUT2D eigenvalue weighted by atomic mass is 32.1. The van der Waals surface area contributed by atoms with Crippen molar-refractivity contribution in [2.24, 2.45) is 0 Å². The van der Waals surface area contributed by atoms with E-state index in [1.165, 1.54) is 23.3 Å². The van der Waals surface area contributed by atoms with Gasteiger partial charge in [-0.15, -0.1) is 5.10 Å². The molecule has 0 bridgehead atoms. The molecule has 26 heavy (non-hydrogen) atoms. The summed E-state index contributed by atoms with van der Waals surface area (Å²) < 4.78 is 5.07. The summed E-state index contributed by atoms with van der Waals surface area (Å²) in [5, 5.41) is 4.90. The second-order valence-corrected chi connectivity index (χ2v) is 7.23. The van der Waals surface area contributed by atoms with E-state index in [2.05, 4.69) is 46.8 Å². The van der Waals surface area contributed by atoms with Crippen LogP contribution < -0.4 is 4.90 Å². The molecule has 1 fully saturated rings. The largest absolute Gasteiger partial charge is 0.313 e. The summed E-state index contributed by atoms with van der Waals surface area (Å²) in [5.74, 6) is 0.968. The van der Waals surface area contributed by atoms with Crippen LogP contribution in [0.5, 0.6) is 0 Å². The highest BCUT2D eigenvalue weighted by Crippen LogP contribution is 2.38. The van der Waals surface area contributed by atoms with Gasteiger partial charge in [-0.1, -0.05) is 30.3 Å². The van der Waals surface area contributed by atoms with E-state index in [4.69, 9.17) is 17.3 Å². The first-order chi connectivity index (χ1) is 12.8. The van der Waals surface area contributed by atoms with Crippen LogP contribution in [0, 0.1) is 4.77 Å². The fourth-order valence-corrected chi connectivity index (χ4v) is 3.61. The molecule has 3 aromatic rings. The van der Waals surface area contributed by atoms with Gasteiger partial charge >= 0.3 is 0 Å². The number of nitrogens with zero attached hydrogens (tertiary/aromatic N) is 4. The highest BCUT2D eigenvalue weighted by Gasteiger charge is 2.29. The molecule has 0 aliphatic heterocycles. The summed E-state index contributed by atoms with van der Waals surface area (Å²) in [6.07, 6.45) is 6.00. The van der Waals surface area contributed by atoms with Gasteiger partial charge in [0.15, 0.2) is 12.5 Å². The van der Waals surface area contributed by atoms with Gasteiger partial charge < -0.3 is 4.90 Å². The summed E-state index contributed by atoms with van der Waals surface area (Å²) >= 11 is 5.79. The van der Waals surface area contributed by atoms with E-state index in [1.54, 1.807) is 0 Å². The van der Waals surface area contributed by atoms with Crippen molar-refractivity contribution in [3.8, 4) is 11.4 Å². The third-order valence-corrected chi connectivity index (χ3v) is 5.30. The van der Waals surface area contributed by atoms with E-state index >= 15 is 0 Å². The molecular weight excluding hydrogens is 342 g/mol. The van der Waals surface area contributed by atoms with Crippen molar-refractivity contribution >= 4 is 12.2 Å². The maximum absolute atomic E-state index is 5.79. The van der Waals surface area contributed by atoms with Crippen LogP contribution in [0.2, 0.25) is 0 Å². The van der Waals surface area contributed by atoms with E-state index in [9.17, 15) is 0 Å². The van der Waals surface area contributed by atoms with E-state index in [1.807, 2.05) is 29.2 Å². The standard InChI is InChI=1S/C20H23N5S/c1-2-23(14-16-6-4-3-5-7-16)15-24-20(26)25(18-8-9-18)19(22-24)17-10-12-21-13-11-17/h3-7,10-13,18H,2,8-9,14-15H2,1H3/p+1. The molecule has 0 saturated heterocycles. The van der Waals surface area contributed by atoms with Gasteiger partial charge in [-0.2, -0.15) is 4.68 Å². The van der Waals surface area contributed by atoms with Gasteiger partial charge in [0, 0.05) is 29.6 Å². The molecule has 0 amide bonds. The zero-order valence-corrected chi connectivity index (χ0v) is 15.8. The zero-order chi connectivity index (χ0) is 17.9. The van der Waals surface area contributed by atoms with Gasteiger partial charge in [-0.25, -0.2) is 0 Å². The van der Waals surface area contributed by atoms with Crippen molar-refractivity contribution in [1.82, 2.24) is 19.3 Å². The van der Waals surface area contributed by atoms with Crippen LogP contribution >= 0.6 is 12.2 Å². The summed E-state index contributed by atoms with van der Waals surface area (Å²) in [5.41, 5.74) is 2.42. The predicted octanol–water partition coefficient (Wildman–Crippen LogP) is 2.87. The molecule has 2 heterocycles. The normalized spacial score (nSPS) is 15.1. The molecule has 0 spiro atoms. The maximum atomic E-state index is 5.79. The van der Waals surface area contributed by atoms with Crippen molar-refractivity contribution in [1.29, 1.82) is 0 Å². The van der Waals surface area contributed by atoms with Crippen molar-refractivity contribution in [2.75, 3.05) is 6.54 Å². The Hall–Kier alpha value is -2.31. The topological polar surface area (TPSA) is 40.1 Å². The molecule has 0 radical (unpaired) electrons. The Bertz CT molecular complexity index is 912. The minimum Gasteiger partial charge on any atom is -0.313 e. The van der Waals surface area contributed by atoms with Crippen LogP contribution in [-0.4, -0.2) is 25.9 Å². The number of hydrogen-bond acceptors (Lipinski definition) is 3. The van der Waals surface area contributed by atoms with Gasteiger partial charge in [0.05, 0.1) is 6.54 Å². The van der Waals surface area contributed by atoms with Crippen LogP contribution in [0.25, 0.3) is 11.4 Å². The smallest absolute Gasteiger partial charge is 0.203 e. The summed E-state index contributed by atoms with van der Waals surface area (Å²) in [6, 6.07) is 15.1.